The summed E-state index contributed by atoms with van der Waals surface area (Å²) in [5.41, 5.74) is 0.928. The molecular formula is C19H15ClF3N5. The molecule has 0 saturated carbocycles. The average Bonchev–Trinajstić information content (AvgIpc) is 3.18. The van der Waals surface area contributed by atoms with Gasteiger partial charge in [-0.3, -0.25) is 9.67 Å². The van der Waals surface area contributed by atoms with Gasteiger partial charge in [-0.2, -0.15) is 23.5 Å². The van der Waals surface area contributed by atoms with E-state index in [1.54, 1.807) is 18.2 Å². The molecule has 0 amide bonds. The Labute approximate surface area is 163 Å². The van der Waals surface area contributed by atoms with Crippen molar-refractivity contribution < 1.29 is 13.2 Å². The number of piperidine rings is 1. The Hall–Kier alpha value is -2.79. The van der Waals surface area contributed by atoms with Crippen molar-refractivity contribution in [2.45, 2.75) is 25.1 Å². The smallest absolute Gasteiger partial charge is 0.368 e. The van der Waals surface area contributed by atoms with Crippen molar-refractivity contribution in [3.8, 4) is 6.07 Å². The van der Waals surface area contributed by atoms with E-state index in [9.17, 15) is 18.4 Å². The summed E-state index contributed by atoms with van der Waals surface area (Å²) in [5.74, 6) is 0. The van der Waals surface area contributed by atoms with Gasteiger partial charge in [0.15, 0.2) is 5.69 Å². The van der Waals surface area contributed by atoms with Gasteiger partial charge in [0.25, 0.3) is 0 Å². The van der Waals surface area contributed by atoms with E-state index in [0.717, 1.165) is 17.9 Å². The predicted molar refractivity (Wildman–Crippen MR) is 99.2 cm³/mol. The first kappa shape index (κ1) is 18.6. The van der Waals surface area contributed by atoms with E-state index in [1.807, 2.05) is 4.90 Å². The lowest BCUT2D eigenvalue weighted by atomic mass is 10.0. The van der Waals surface area contributed by atoms with E-state index in [2.05, 4.69) is 16.2 Å². The number of halogens is 4. The highest BCUT2D eigenvalue weighted by atomic mass is 35.5. The van der Waals surface area contributed by atoms with Gasteiger partial charge in [-0.1, -0.05) is 11.6 Å². The maximum absolute atomic E-state index is 12.9. The number of hydrogen-bond donors (Lipinski definition) is 0. The van der Waals surface area contributed by atoms with Crippen LogP contribution in [0.25, 0.3) is 10.9 Å². The van der Waals surface area contributed by atoms with Crippen LogP contribution in [-0.2, 0) is 6.18 Å². The summed E-state index contributed by atoms with van der Waals surface area (Å²) in [6.07, 6.45) is -0.109. The van der Waals surface area contributed by atoms with Crippen LogP contribution in [-0.4, -0.2) is 27.9 Å². The summed E-state index contributed by atoms with van der Waals surface area (Å²) in [6.45, 7) is 1.13. The van der Waals surface area contributed by atoms with Crippen LogP contribution in [0.2, 0.25) is 5.02 Å². The second-order valence-corrected chi connectivity index (χ2v) is 7.15. The van der Waals surface area contributed by atoms with Gasteiger partial charge in [0, 0.05) is 35.9 Å². The van der Waals surface area contributed by atoms with Crippen molar-refractivity contribution in [2.24, 2.45) is 0 Å². The van der Waals surface area contributed by atoms with Crippen LogP contribution in [0, 0.1) is 11.3 Å². The van der Waals surface area contributed by atoms with E-state index in [-0.39, 0.29) is 6.04 Å². The van der Waals surface area contributed by atoms with E-state index in [0.29, 0.717) is 41.3 Å². The summed E-state index contributed by atoms with van der Waals surface area (Å²) < 4.78 is 40.0. The van der Waals surface area contributed by atoms with Crippen molar-refractivity contribution in [2.75, 3.05) is 18.0 Å². The Morgan fingerprint density at radius 3 is 2.79 bits per heavy atom. The van der Waals surface area contributed by atoms with Gasteiger partial charge in [-0.25, -0.2) is 0 Å². The van der Waals surface area contributed by atoms with Crippen molar-refractivity contribution in [3.05, 3.63) is 52.9 Å². The number of hydrogen-bond acceptors (Lipinski definition) is 4. The van der Waals surface area contributed by atoms with Gasteiger partial charge in [0.05, 0.1) is 22.8 Å². The minimum atomic E-state index is -4.47. The number of benzene rings is 1. The van der Waals surface area contributed by atoms with Gasteiger partial charge in [-0.05, 0) is 37.1 Å². The van der Waals surface area contributed by atoms with Crippen molar-refractivity contribution >= 4 is 28.2 Å². The number of fused-ring (bicyclic) bond motifs is 1. The SMILES string of the molecule is N#Cc1cnc2ccc(Cl)cc2c1N1CCCC(n2ccc(C(F)(F)F)n2)C1. The molecule has 1 fully saturated rings. The Bertz CT molecular complexity index is 1070. The zero-order chi connectivity index (χ0) is 19.9. The highest BCUT2D eigenvalue weighted by molar-refractivity contribution is 6.31. The van der Waals surface area contributed by atoms with Crippen molar-refractivity contribution in [1.82, 2.24) is 14.8 Å². The number of nitriles is 1. The molecule has 3 heterocycles. The second-order valence-electron chi connectivity index (χ2n) is 6.71. The Morgan fingerprint density at radius 2 is 2.07 bits per heavy atom. The molecule has 0 aliphatic carbocycles. The van der Waals surface area contributed by atoms with Crippen molar-refractivity contribution in [1.29, 1.82) is 5.26 Å². The molecule has 1 aromatic carbocycles. The monoisotopic (exact) mass is 405 g/mol. The highest BCUT2D eigenvalue weighted by Gasteiger charge is 2.34. The van der Waals surface area contributed by atoms with Gasteiger partial charge in [0.1, 0.15) is 6.07 Å². The summed E-state index contributed by atoms with van der Waals surface area (Å²) in [5, 5.41) is 14.6. The fraction of sp³-hybridized carbons (Fsp3) is 0.316. The molecule has 0 radical (unpaired) electrons. The summed E-state index contributed by atoms with van der Waals surface area (Å²) in [7, 11) is 0. The topological polar surface area (TPSA) is 57.7 Å². The van der Waals surface area contributed by atoms with Gasteiger partial charge in [-0.15, -0.1) is 0 Å². The lowest BCUT2D eigenvalue weighted by molar-refractivity contribution is -0.141. The summed E-state index contributed by atoms with van der Waals surface area (Å²) in [4.78, 5) is 6.32. The molecule has 0 spiro atoms. The molecule has 9 heteroatoms. The Kier molecular flexibility index (Phi) is 4.63. The van der Waals surface area contributed by atoms with Crippen LogP contribution in [0.3, 0.4) is 0 Å². The molecule has 3 aromatic rings. The predicted octanol–water partition coefficient (Wildman–Crippen LogP) is 4.82. The average molecular weight is 406 g/mol. The first-order chi connectivity index (χ1) is 13.4. The van der Waals surface area contributed by atoms with Crippen LogP contribution in [0.15, 0.2) is 36.7 Å². The number of pyridine rings is 1. The molecule has 1 unspecified atom stereocenters. The molecule has 144 valence electrons. The molecule has 1 atom stereocenters. The number of anilines is 1. The second kappa shape index (κ2) is 6.99. The lowest BCUT2D eigenvalue weighted by Gasteiger charge is -2.35. The van der Waals surface area contributed by atoms with Gasteiger partial charge >= 0.3 is 6.18 Å². The molecule has 0 N–H and O–H groups in total. The molecule has 1 aliphatic rings. The van der Waals surface area contributed by atoms with Crippen LogP contribution in [0.1, 0.15) is 30.1 Å². The van der Waals surface area contributed by atoms with E-state index in [4.69, 9.17) is 11.6 Å². The third-order valence-electron chi connectivity index (χ3n) is 4.91. The van der Waals surface area contributed by atoms with Gasteiger partial charge in [0.2, 0.25) is 0 Å². The number of nitrogens with zero attached hydrogens (tertiary/aromatic N) is 5. The number of rotatable bonds is 2. The zero-order valence-electron chi connectivity index (χ0n) is 14.6. The van der Waals surface area contributed by atoms with Crippen molar-refractivity contribution in [3.63, 3.8) is 0 Å². The molecule has 5 nitrogen and oxygen atoms in total. The van der Waals surface area contributed by atoms with Crippen LogP contribution >= 0.6 is 11.6 Å². The van der Waals surface area contributed by atoms with Crippen LogP contribution in [0.4, 0.5) is 18.9 Å². The molecule has 4 rings (SSSR count). The molecule has 1 saturated heterocycles. The highest BCUT2D eigenvalue weighted by Crippen LogP contribution is 2.35. The maximum atomic E-state index is 12.9. The minimum Gasteiger partial charge on any atom is -0.368 e. The van der Waals surface area contributed by atoms with E-state index < -0.39 is 11.9 Å². The molecule has 28 heavy (non-hydrogen) atoms. The summed E-state index contributed by atoms with van der Waals surface area (Å²) >= 11 is 6.15. The number of aromatic nitrogens is 3. The maximum Gasteiger partial charge on any atom is 0.435 e. The third kappa shape index (κ3) is 3.38. The standard InChI is InChI=1S/C19H15ClF3N5/c20-13-3-4-16-15(8-13)18(12(9-24)10-25-16)27-6-1-2-14(11-27)28-7-5-17(26-28)19(21,22)23/h3-5,7-8,10,14H,1-2,6,11H2. The fourth-order valence-electron chi connectivity index (χ4n) is 3.64. The minimum absolute atomic E-state index is 0.223. The quantitative estimate of drug-likeness (QED) is 0.613. The Morgan fingerprint density at radius 1 is 1.25 bits per heavy atom. The number of alkyl halides is 3. The molecule has 2 aromatic heterocycles. The van der Waals surface area contributed by atoms with Crippen LogP contribution in [0.5, 0.6) is 0 Å². The van der Waals surface area contributed by atoms with E-state index in [1.165, 1.54) is 17.1 Å². The first-order valence-electron chi connectivity index (χ1n) is 8.72. The normalized spacial score (nSPS) is 17.7. The lowest BCUT2D eigenvalue weighted by Crippen LogP contribution is -2.37. The Balaban J connectivity index is 1.71. The zero-order valence-corrected chi connectivity index (χ0v) is 15.4. The van der Waals surface area contributed by atoms with Crippen LogP contribution < -0.4 is 4.90 Å². The van der Waals surface area contributed by atoms with E-state index >= 15 is 0 Å². The fourth-order valence-corrected chi connectivity index (χ4v) is 3.81. The largest absolute Gasteiger partial charge is 0.435 e. The summed E-state index contributed by atoms with van der Waals surface area (Å²) in [6, 6.07) is 8.21. The first-order valence-corrected chi connectivity index (χ1v) is 9.10. The van der Waals surface area contributed by atoms with Gasteiger partial charge < -0.3 is 4.90 Å². The molecular weight excluding hydrogens is 391 g/mol. The molecule has 0 bridgehead atoms. The molecule has 1 aliphatic heterocycles. The third-order valence-corrected chi connectivity index (χ3v) is 5.14.